The lowest BCUT2D eigenvalue weighted by molar-refractivity contribution is -0.146. The number of aliphatic imine (C=N–C) groups is 1. The van der Waals surface area contributed by atoms with E-state index in [4.69, 9.17) is 0 Å². The molecule has 3 rings (SSSR count). The van der Waals surface area contributed by atoms with Crippen LogP contribution in [0.4, 0.5) is 4.39 Å². The number of nitrogens with zero attached hydrogens (tertiary/aromatic N) is 4. The summed E-state index contributed by atoms with van der Waals surface area (Å²) < 4.78 is 41.0. The van der Waals surface area contributed by atoms with Crippen molar-refractivity contribution in [2.24, 2.45) is 4.99 Å². The van der Waals surface area contributed by atoms with Crippen LogP contribution >= 0.6 is 0 Å². The highest BCUT2D eigenvalue weighted by molar-refractivity contribution is 7.86. The molecule has 12 nitrogen and oxygen atoms in total. The molecule has 0 aliphatic carbocycles. The van der Waals surface area contributed by atoms with Crippen molar-refractivity contribution in [1.29, 1.82) is 0 Å². The van der Waals surface area contributed by atoms with Gasteiger partial charge in [0.15, 0.2) is 6.04 Å². The number of hydrogen-bond acceptors (Lipinski definition) is 7. The molecule has 1 aromatic carbocycles. The molecule has 0 radical (unpaired) electrons. The Morgan fingerprint density at radius 2 is 1.91 bits per heavy atom. The molecule has 2 aliphatic rings. The highest BCUT2D eigenvalue weighted by Gasteiger charge is 2.46. The summed E-state index contributed by atoms with van der Waals surface area (Å²) in [6.07, 6.45) is 0.791. The van der Waals surface area contributed by atoms with Crippen molar-refractivity contribution < 1.29 is 32.0 Å². The Morgan fingerprint density at radius 3 is 2.54 bits per heavy atom. The van der Waals surface area contributed by atoms with E-state index in [1.165, 1.54) is 34.3 Å². The van der Waals surface area contributed by atoms with E-state index in [1.54, 1.807) is 0 Å². The summed E-state index contributed by atoms with van der Waals surface area (Å²) in [5.74, 6) is -4.06. The van der Waals surface area contributed by atoms with Crippen molar-refractivity contribution in [3.63, 3.8) is 0 Å². The van der Waals surface area contributed by atoms with Gasteiger partial charge in [-0.2, -0.15) is 17.0 Å². The lowest BCUT2D eigenvalue weighted by Crippen LogP contribution is -2.62. The maximum Gasteiger partial charge on any atom is 0.298 e. The van der Waals surface area contributed by atoms with Crippen LogP contribution in [0, 0.1) is 5.82 Å². The normalized spacial score (nSPS) is 20.5. The van der Waals surface area contributed by atoms with Crippen molar-refractivity contribution in [1.82, 2.24) is 24.1 Å². The molecule has 14 heteroatoms. The number of rotatable bonds is 7. The van der Waals surface area contributed by atoms with Gasteiger partial charge in [0.2, 0.25) is 0 Å². The first-order chi connectivity index (χ1) is 16.4. The smallest absolute Gasteiger partial charge is 0.298 e. The van der Waals surface area contributed by atoms with Crippen LogP contribution in [-0.4, -0.2) is 98.1 Å². The van der Waals surface area contributed by atoms with Crippen LogP contribution in [0.25, 0.3) is 0 Å². The van der Waals surface area contributed by atoms with Gasteiger partial charge < -0.3 is 10.6 Å². The third kappa shape index (κ3) is 5.09. The number of likely N-dealkylation sites (N-methyl/N-ethyl adjacent to an activating group) is 1. The number of hydrogen-bond donors (Lipinski definition) is 2. The summed E-state index contributed by atoms with van der Waals surface area (Å²) in [6, 6.07) is 0.894. The molecular formula is C21H27FN6O6S. The number of benzene rings is 1. The Balaban J connectivity index is 1.88. The molecule has 190 valence electrons. The van der Waals surface area contributed by atoms with Gasteiger partial charge in [0.05, 0.1) is 6.04 Å². The molecule has 0 aromatic heterocycles. The topological polar surface area (TPSA) is 149 Å². The molecule has 2 unspecified atom stereocenters. The Morgan fingerprint density at radius 1 is 1.23 bits per heavy atom. The monoisotopic (exact) mass is 510 g/mol. The average molecular weight is 511 g/mol. The number of Topliss-reactive ketones (excluding diaryl/α,β-unsaturated/α-hetero) is 1. The number of carbonyl (C=O) groups is 4. The first-order valence-electron chi connectivity index (χ1n) is 10.8. The molecule has 1 saturated heterocycles. The molecule has 2 N–H and O–H groups in total. The van der Waals surface area contributed by atoms with E-state index in [0.29, 0.717) is 12.8 Å². The van der Waals surface area contributed by atoms with Gasteiger partial charge in [-0.25, -0.2) is 9.38 Å². The number of nitrogens with one attached hydrogen (secondary N) is 2. The van der Waals surface area contributed by atoms with E-state index in [1.807, 2.05) is 0 Å². The number of amides is 3. The summed E-state index contributed by atoms with van der Waals surface area (Å²) in [5.41, 5.74) is 0.287. The molecule has 2 aliphatic heterocycles. The van der Waals surface area contributed by atoms with Crippen molar-refractivity contribution >= 4 is 39.5 Å². The fourth-order valence-electron chi connectivity index (χ4n) is 3.94. The fraction of sp³-hybridized carbons (Fsp3) is 0.476. The Kier molecular flexibility index (Phi) is 7.67. The second-order valence-electron chi connectivity index (χ2n) is 8.27. The van der Waals surface area contributed by atoms with Gasteiger partial charge in [-0.15, -0.1) is 0 Å². The van der Waals surface area contributed by atoms with Crippen LogP contribution in [0.3, 0.4) is 0 Å². The number of ketones is 1. The summed E-state index contributed by atoms with van der Waals surface area (Å²) in [7, 11) is 1.58. The SMILES string of the molecule is CNC(=O)c1cc(F)ccc1CNC(=O)C1N=C2C(N(C)S(=O)(=O)N(C)C)CCCN2C(=O)C1=O. The predicted octanol–water partition coefficient (Wildman–Crippen LogP) is -1.12. The lowest BCUT2D eigenvalue weighted by Gasteiger charge is -2.41. The van der Waals surface area contributed by atoms with Crippen LogP contribution in [0.1, 0.15) is 28.8 Å². The van der Waals surface area contributed by atoms with Crippen molar-refractivity contribution in [2.45, 2.75) is 31.5 Å². The molecule has 3 amide bonds. The molecule has 0 bridgehead atoms. The van der Waals surface area contributed by atoms with Gasteiger partial charge in [0.25, 0.3) is 33.7 Å². The number of halogens is 1. The van der Waals surface area contributed by atoms with Crippen molar-refractivity contribution in [3.05, 3.63) is 35.1 Å². The van der Waals surface area contributed by atoms with Crippen molar-refractivity contribution in [3.8, 4) is 0 Å². The van der Waals surface area contributed by atoms with Gasteiger partial charge in [0.1, 0.15) is 11.7 Å². The lowest BCUT2D eigenvalue weighted by atomic mass is 9.99. The molecule has 35 heavy (non-hydrogen) atoms. The number of carbonyl (C=O) groups excluding carboxylic acids is 4. The predicted molar refractivity (Wildman–Crippen MR) is 123 cm³/mol. The minimum Gasteiger partial charge on any atom is -0.355 e. The molecule has 0 saturated carbocycles. The summed E-state index contributed by atoms with van der Waals surface area (Å²) >= 11 is 0. The first-order valence-corrected chi connectivity index (χ1v) is 12.2. The van der Waals surface area contributed by atoms with Crippen LogP contribution in [0.2, 0.25) is 0 Å². The molecule has 2 atom stereocenters. The Bertz CT molecular complexity index is 1200. The second kappa shape index (κ2) is 10.2. The minimum atomic E-state index is -3.87. The van der Waals surface area contributed by atoms with Gasteiger partial charge >= 0.3 is 0 Å². The van der Waals surface area contributed by atoms with Crippen LogP contribution in [0.15, 0.2) is 23.2 Å². The highest BCUT2D eigenvalue weighted by Crippen LogP contribution is 2.25. The molecule has 1 aromatic rings. The van der Waals surface area contributed by atoms with E-state index < -0.39 is 51.6 Å². The maximum absolute atomic E-state index is 13.6. The van der Waals surface area contributed by atoms with Gasteiger partial charge in [-0.05, 0) is 30.5 Å². The van der Waals surface area contributed by atoms with Crippen LogP contribution in [0.5, 0.6) is 0 Å². The number of amidine groups is 1. The zero-order chi connectivity index (χ0) is 26.1. The quantitative estimate of drug-likeness (QED) is 0.351. The Hall–Kier alpha value is -3.23. The van der Waals surface area contributed by atoms with E-state index >= 15 is 0 Å². The molecule has 1 fully saturated rings. The molecular weight excluding hydrogens is 483 g/mol. The fourth-order valence-corrected chi connectivity index (χ4v) is 4.97. The van der Waals surface area contributed by atoms with Gasteiger partial charge in [-0.1, -0.05) is 6.07 Å². The highest BCUT2D eigenvalue weighted by atomic mass is 32.2. The third-order valence-corrected chi connectivity index (χ3v) is 7.81. The van der Waals surface area contributed by atoms with Crippen molar-refractivity contribution in [2.75, 3.05) is 34.7 Å². The van der Waals surface area contributed by atoms with Gasteiger partial charge in [-0.3, -0.25) is 24.1 Å². The van der Waals surface area contributed by atoms with Gasteiger partial charge in [0, 0.05) is 46.8 Å². The largest absolute Gasteiger partial charge is 0.355 e. The molecule has 2 heterocycles. The summed E-state index contributed by atoms with van der Waals surface area (Å²) in [5, 5.41) is 4.84. The van der Waals surface area contributed by atoms with Crippen LogP contribution < -0.4 is 10.6 Å². The number of piperidine rings is 1. The van der Waals surface area contributed by atoms with E-state index in [0.717, 1.165) is 25.6 Å². The maximum atomic E-state index is 13.6. The van der Waals surface area contributed by atoms with E-state index in [2.05, 4.69) is 15.6 Å². The zero-order valence-corrected chi connectivity index (χ0v) is 20.6. The number of fused-ring (bicyclic) bond motifs is 1. The summed E-state index contributed by atoms with van der Waals surface area (Å²) in [6.45, 7) is -0.0537. The van der Waals surface area contributed by atoms with E-state index in [-0.39, 0.29) is 30.1 Å². The van der Waals surface area contributed by atoms with E-state index in [9.17, 15) is 32.0 Å². The standard InChI is InChI=1S/C21H27FN6O6S/c1-23-19(30)14-10-13(22)8-7-12(14)11-24-20(31)16-17(29)21(32)28-9-5-6-15(18(28)25-16)27(4)35(33,34)26(2)3/h7-8,10,15-16H,5-6,9,11H2,1-4H3,(H,23,30)(H,24,31). The zero-order valence-electron chi connectivity index (χ0n) is 19.7. The average Bonchev–Trinajstić information content (AvgIpc) is 2.83. The first kappa shape index (κ1) is 26.4. The summed E-state index contributed by atoms with van der Waals surface area (Å²) in [4.78, 5) is 55.7. The molecule has 0 spiro atoms. The Labute approximate surface area is 202 Å². The minimum absolute atomic E-state index is 0.000743. The second-order valence-corrected chi connectivity index (χ2v) is 10.5. The van der Waals surface area contributed by atoms with Crippen LogP contribution in [-0.2, 0) is 31.1 Å². The third-order valence-electron chi connectivity index (χ3n) is 5.91.